The number of nitrogens with one attached hydrogen (secondary N) is 2. The predicted octanol–water partition coefficient (Wildman–Crippen LogP) is 1.95. The zero-order chi connectivity index (χ0) is 23.4. The Kier molecular flexibility index (Phi) is 5.00. The third-order valence-corrected chi connectivity index (χ3v) is 6.19. The van der Waals surface area contributed by atoms with Gasteiger partial charge in [-0.2, -0.15) is 0 Å². The van der Waals surface area contributed by atoms with E-state index in [2.05, 4.69) is 10.3 Å². The second kappa shape index (κ2) is 7.77. The monoisotopic (exact) mass is 458 g/mol. The van der Waals surface area contributed by atoms with Crippen molar-refractivity contribution in [1.29, 1.82) is 0 Å². The molecular weight excluding hydrogens is 435 g/mol. The molecule has 0 spiro atoms. The summed E-state index contributed by atoms with van der Waals surface area (Å²) in [6, 6.07) is -0.137. The molecule has 1 saturated carbocycles. The van der Waals surface area contributed by atoms with Crippen molar-refractivity contribution in [2.24, 2.45) is 0 Å². The summed E-state index contributed by atoms with van der Waals surface area (Å²) in [4.78, 5) is 42.0. The Balaban J connectivity index is 1.96. The lowest BCUT2D eigenvalue weighted by atomic mass is 10.0. The van der Waals surface area contributed by atoms with E-state index in [4.69, 9.17) is 4.74 Å². The number of benzene rings is 1. The molecule has 2 aliphatic rings. The summed E-state index contributed by atoms with van der Waals surface area (Å²) in [5, 5.41) is 23.5. The molecule has 3 heterocycles. The molecule has 0 bridgehead atoms. The Bertz CT molecular complexity index is 1370. The summed E-state index contributed by atoms with van der Waals surface area (Å²) >= 11 is 0. The lowest BCUT2D eigenvalue weighted by Gasteiger charge is -2.31. The number of carbonyl (C=O) groups excluding carboxylic acids is 1. The van der Waals surface area contributed by atoms with Gasteiger partial charge in [0.1, 0.15) is 5.56 Å². The van der Waals surface area contributed by atoms with E-state index in [0.717, 1.165) is 12.8 Å². The number of pyridine rings is 1. The number of aromatic hydroxyl groups is 1. The number of halogens is 1. The molecule has 0 amide bonds. The summed E-state index contributed by atoms with van der Waals surface area (Å²) < 4.78 is 22.8. The molecule has 0 atom stereocenters. The van der Waals surface area contributed by atoms with Crippen LogP contribution in [0, 0.1) is 5.82 Å². The van der Waals surface area contributed by atoms with Crippen LogP contribution in [0.1, 0.15) is 46.7 Å². The summed E-state index contributed by atoms with van der Waals surface area (Å²) in [5.41, 5.74) is -1.65. The first-order chi connectivity index (χ1) is 15.8. The van der Waals surface area contributed by atoms with Gasteiger partial charge in [0.2, 0.25) is 5.43 Å². The molecular formula is C22H23FN4O6. The van der Waals surface area contributed by atoms with Gasteiger partial charge in [-0.3, -0.25) is 4.79 Å². The van der Waals surface area contributed by atoms with Gasteiger partial charge in [-0.15, -0.1) is 0 Å². The third kappa shape index (κ3) is 3.22. The van der Waals surface area contributed by atoms with Gasteiger partial charge < -0.3 is 34.7 Å². The summed E-state index contributed by atoms with van der Waals surface area (Å²) in [7, 11) is 0. The number of hydrogen-bond acceptors (Lipinski definition) is 7. The van der Waals surface area contributed by atoms with Gasteiger partial charge >= 0.3 is 11.9 Å². The average molecular weight is 458 g/mol. The van der Waals surface area contributed by atoms with E-state index in [1.807, 2.05) is 0 Å². The first kappa shape index (κ1) is 21.3. The molecule has 2 aromatic heterocycles. The molecule has 0 unspecified atom stereocenters. The van der Waals surface area contributed by atoms with Crippen molar-refractivity contribution < 1.29 is 28.9 Å². The van der Waals surface area contributed by atoms with Gasteiger partial charge in [-0.25, -0.2) is 14.0 Å². The molecule has 0 radical (unpaired) electrons. The summed E-state index contributed by atoms with van der Waals surface area (Å²) in [5.74, 6) is -3.55. The number of aromatic amines is 1. The minimum absolute atomic E-state index is 0.0167. The van der Waals surface area contributed by atoms with Crippen LogP contribution in [0.3, 0.4) is 0 Å². The molecule has 11 heteroatoms. The maximum atomic E-state index is 16.3. The molecule has 1 aliphatic carbocycles. The van der Waals surface area contributed by atoms with Gasteiger partial charge in [0.25, 0.3) is 0 Å². The van der Waals surface area contributed by atoms with Crippen molar-refractivity contribution in [3.63, 3.8) is 0 Å². The molecule has 1 saturated heterocycles. The number of rotatable bonds is 5. The highest BCUT2D eigenvalue weighted by Gasteiger charge is 2.34. The van der Waals surface area contributed by atoms with Crippen LogP contribution in [-0.4, -0.2) is 64.5 Å². The van der Waals surface area contributed by atoms with Gasteiger partial charge in [-0.05, 0) is 19.8 Å². The number of aromatic nitrogens is 2. The number of carbonyl (C=O) groups is 2. The number of piperazine rings is 1. The second-order valence-electron chi connectivity index (χ2n) is 8.26. The Hall–Kier alpha value is -3.60. The average Bonchev–Trinajstić information content (AvgIpc) is 3.58. The fraction of sp³-hybridized carbons (Fsp3) is 0.409. The van der Waals surface area contributed by atoms with Crippen molar-refractivity contribution >= 4 is 39.4 Å². The van der Waals surface area contributed by atoms with Crippen LogP contribution < -0.4 is 15.6 Å². The van der Waals surface area contributed by atoms with Crippen LogP contribution in [0.5, 0.6) is 5.75 Å². The zero-order valence-corrected chi connectivity index (χ0v) is 17.9. The van der Waals surface area contributed by atoms with Crippen LogP contribution in [0.15, 0.2) is 11.0 Å². The van der Waals surface area contributed by atoms with E-state index in [1.54, 1.807) is 11.8 Å². The van der Waals surface area contributed by atoms with E-state index < -0.39 is 34.5 Å². The van der Waals surface area contributed by atoms with Crippen LogP contribution in [0.25, 0.3) is 21.8 Å². The summed E-state index contributed by atoms with van der Waals surface area (Å²) in [6.45, 7) is 3.71. The van der Waals surface area contributed by atoms with Crippen molar-refractivity contribution in [1.82, 2.24) is 14.9 Å². The van der Waals surface area contributed by atoms with E-state index in [1.165, 1.54) is 10.8 Å². The first-order valence-corrected chi connectivity index (χ1v) is 10.9. The second-order valence-corrected chi connectivity index (χ2v) is 8.26. The molecule has 5 rings (SSSR count). The van der Waals surface area contributed by atoms with E-state index in [-0.39, 0.29) is 45.8 Å². The Morgan fingerprint density at radius 3 is 2.55 bits per heavy atom. The Morgan fingerprint density at radius 1 is 1.24 bits per heavy atom. The Labute approximate surface area is 186 Å². The quantitative estimate of drug-likeness (QED) is 0.426. The number of H-pyrrole nitrogens is 1. The highest BCUT2D eigenvalue weighted by molar-refractivity contribution is 6.17. The van der Waals surface area contributed by atoms with E-state index in [0.29, 0.717) is 26.2 Å². The molecule has 4 N–H and O–H groups in total. The zero-order valence-electron chi connectivity index (χ0n) is 17.9. The van der Waals surface area contributed by atoms with Crippen LogP contribution in [-0.2, 0) is 4.74 Å². The molecule has 1 aromatic carbocycles. The van der Waals surface area contributed by atoms with E-state index in [9.17, 15) is 24.6 Å². The number of anilines is 1. The van der Waals surface area contributed by atoms with Gasteiger partial charge in [-0.1, -0.05) is 0 Å². The molecule has 1 aliphatic heterocycles. The van der Waals surface area contributed by atoms with Crippen molar-refractivity contribution in [3.05, 3.63) is 33.5 Å². The third-order valence-electron chi connectivity index (χ3n) is 6.19. The molecule has 33 heavy (non-hydrogen) atoms. The van der Waals surface area contributed by atoms with Gasteiger partial charge in [0.15, 0.2) is 17.3 Å². The van der Waals surface area contributed by atoms with Crippen LogP contribution in [0.2, 0.25) is 0 Å². The highest BCUT2D eigenvalue weighted by atomic mass is 19.1. The van der Waals surface area contributed by atoms with E-state index >= 15 is 4.39 Å². The molecule has 3 aromatic rings. The number of nitrogens with zero attached hydrogens (tertiary/aromatic N) is 2. The number of carboxylic acids is 1. The molecule has 10 nitrogen and oxygen atoms in total. The van der Waals surface area contributed by atoms with Crippen LogP contribution in [0.4, 0.5) is 10.1 Å². The fourth-order valence-corrected chi connectivity index (χ4v) is 4.55. The minimum Gasteiger partial charge on any atom is -0.505 e. The fourth-order valence-electron chi connectivity index (χ4n) is 4.55. The minimum atomic E-state index is -1.43. The number of aromatic carboxylic acids is 1. The summed E-state index contributed by atoms with van der Waals surface area (Å²) in [6.07, 6.45) is 2.64. The standard InChI is InChI=1S/C22H23FN4O6/c1-2-33-22(32)16-20(29)12-15(25-16)13-18(14(23)17(12)26-7-5-24-6-8-26)27(10-3-4-10)9-11(19(13)28)21(30)31/h9-10,24-25,29H,2-8H2,1H3,(H,30,31). The topological polar surface area (TPSA) is 137 Å². The number of esters is 1. The lowest BCUT2D eigenvalue weighted by molar-refractivity contribution is 0.0516. The van der Waals surface area contributed by atoms with Crippen molar-refractivity contribution in [2.45, 2.75) is 25.8 Å². The lowest BCUT2D eigenvalue weighted by Crippen LogP contribution is -2.44. The smallest absolute Gasteiger partial charge is 0.358 e. The molecule has 174 valence electrons. The normalized spacial score (nSPS) is 16.5. The highest BCUT2D eigenvalue weighted by Crippen LogP contribution is 2.45. The maximum Gasteiger partial charge on any atom is 0.358 e. The largest absolute Gasteiger partial charge is 0.505 e. The van der Waals surface area contributed by atoms with Crippen molar-refractivity contribution in [2.75, 3.05) is 37.7 Å². The number of fused-ring (bicyclic) bond motifs is 3. The number of carboxylic acid groups (broad SMARTS) is 1. The number of hydrogen-bond donors (Lipinski definition) is 4. The SMILES string of the molecule is CCOC(=O)c1[nH]c2c(c1O)c(N1CCNCC1)c(F)c1c2c(=O)c(C(=O)O)cn1C1CC1. The number of ether oxygens (including phenoxy) is 1. The Morgan fingerprint density at radius 2 is 1.94 bits per heavy atom. The maximum absolute atomic E-state index is 16.3. The van der Waals surface area contributed by atoms with Gasteiger partial charge in [0.05, 0.1) is 34.1 Å². The van der Waals surface area contributed by atoms with Gasteiger partial charge in [0, 0.05) is 38.4 Å². The first-order valence-electron chi connectivity index (χ1n) is 10.9. The van der Waals surface area contributed by atoms with Crippen LogP contribution >= 0.6 is 0 Å². The predicted molar refractivity (Wildman–Crippen MR) is 118 cm³/mol. The molecule has 2 fully saturated rings. The van der Waals surface area contributed by atoms with Crippen molar-refractivity contribution in [3.8, 4) is 5.75 Å².